The van der Waals surface area contributed by atoms with Gasteiger partial charge in [-0.15, -0.1) is 0 Å². The molecule has 0 bridgehead atoms. The zero-order valence-corrected chi connectivity index (χ0v) is 13.3. The second kappa shape index (κ2) is 8.81. The summed E-state index contributed by atoms with van der Waals surface area (Å²) >= 11 is 0. The summed E-state index contributed by atoms with van der Waals surface area (Å²) in [5.41, 5.74) is 0. The molecule has 1 N–H and O–H groups in total. The molecule has 0 spiro atoms. The van der Waals surface area contributed by atoms with Crippen LogP contribution in [0.2, 0.25) is 0 Å². The number of benzene rings is 1. The monoisotopic (exact) mass is 326 g/mol. The lowest BCUT2D eigenvalue weighted by Crippen LogP contribution is -2.54. The lowest BCUT2D eigenvalue weighted by atomic mass is 10.2. The highest BCUT2D eigenvalue weighted by Crippen LogP contribution is 2.16. The van der Waals surface area contributed by atoms with E-state index < -0.39 is 5.82 Å². The lowest BCUT2D eigenvalue weighted by Gasteiger charge is -2.37. The lowest BCUT2D eigenvalue weighted by molar-refractivity contribution is -0.142. The Balaban J connectivity index is 1.91. The molecule has 1 aromatic carbocycles. The number of aliphatic hydroxyl groups excluding tert-OH is 1. The van der Waals surface area contributed by atoms with Crippen molar-refractivity contribution in [2.75, 3.05) is 53.1 Å². The number of carbonyl (C=O) groups excluding carboxylic acids is 1. The average molecular weight is 326 g/mol. The number of aliphatic hydroxyl groups is 1. The Morgan fingerprint density at radius 1 is 1.52 bits per heavy atom. The van der Waals surface area contributed by atoms with Crippen molar-refractivity contribution in [1.29, 1.82) is 0 Å². The molecule has 1 aromatic rings. The number of hydrogen-bond acceptors (Lipinski definition) is 5. The molecular weight excluding hydrogens is 303 g/mol. The van der Waals surface area contributed by atoms with Gasteiger partial charge < -0.3 is 24.4 Å². The molecule has 23 heavy (non-hydrogen) atoms. The molecule has 1 heterocycles. The number of halogens is 1. The maximum absolute atomic E-state index is 13.5. The third-order valence-electron chi connectivity index (χ3n) is 3.74. The molecule has 1 saturated heterocycles. The summed E-state index contributed by atoms with van der Waals surface area (Å²) in [6, 6.07) is 5.91. The number of rotatable bonds is 7. The van der Waals surface area contributed by atoms with E-state index in [1.54, 1.807) is 17.0 Å². The van der Waals surface area contributed by atoms with Gasteiger partial charge in [-0.1, -0.05) is 12.1 Å². The SMILES string of the molecule is CN(CCO)C[C@@H]1COCCN1C(=O)COc1ccccc1F. The molecule has 0 aromatic heterocycles. The van der Waals surface area contributed by atoms with Crippen LogP contribution in [0.4, 0.5) is 4.39 Å². The van der Waals surface area contributed by atoms with Gasteiger partial charge in [0.15, 0.2) is 18.2 Å². The largest absolute Gasteiger partial charge is 0.481 e. The fourth-order valence-corrected chi connectivity index (χ4v) is 2.54. The van der Waals surface area contributed by atoms with Gasteiger partial charge >= 0.3 is 0 Å². The van der Waals surface area contributed by atoms with E-state index in [2.05, 4.69) is 0 Å². The fraction of sp³-hybridized carbons (Fsp3) is 0.562. The molecule has 1 fully saturated rings. The highest BCUT2D eigenvalue weighted by molar-refractivity contribution is 5.78. The van der Waals surface area contributed by atoms with Crippen molar-refractivity contribution in [2.45, 2.75) is 6.04 Å². The van der Waals surface area contributed by atoms with Gasteiger partial charge in [0.25, 0.3) is 5.91 Å². The maximum Gasteiger partial charge on any atom is 0.260 e. The summed E-state index contributed by atoms with van der Waals surface area (Å²) in [6.07, 6.45) is 0. The van der Waals surface area contributed by atoms with Crippen molar-refractivity contribution in [3.63, 3.8) is 0 Å². The summed E-state index contributed by atoms with van der Waals surface area (Å²) in [5, 5.41) is 8.97. The van der Waals surface area contributed by atoms with Crippen LogP contribution in [-0.2, 0) is 9.53 Å². The number of nitrogens with zero attached hydrogens (tertiary/aromatic N) is 2. The molecule has 0 saturated carbocycles. The van der Waals surface area contributed by atoms with Crippen LogP contribution >= 0.6 is 0 Å². The van der Waals surface area contributed by atoms with Crippen molar-refractivity contribution >= 4 is 5.91 Å². The van der Waals surface area contributed by atoms with Crippen LogP contribution < -0.4 is 4.74 Å². The first-order valence-electron chi connectivity index (χ1n) is 7.65. The fourth-order valence-electron chi connectivity index (χ4n) is 2.54. The van der Waals surface area contributed by atoms with Crippen molar-refractivity contribution < 1.29 is 23.8 Å². The first-order valence-corrected chi connectivity index (χ1v) is 7.65. The van der Waals surface area contributed by atoms with Crippen LogP contribution in [0.3, 0.4) is 0 Å². The van der Waals surface area contributed by atoms with E-state index >= 15 is 0 Å². The third-order valence-corrected chi connectivity index (χ3v) is 3.74. The van der Waals surface area contributed by atoms with Gasteiger partial charge in [0.05, 0.1) is 25.9 Å². The van der Waals surface area contributed by atoms with Gasteiger partial charge in [-0.3, -0.25) is 4.79 Å². The van der Waals surface area contributed by atoms with Crippen molar-refractivity contribution in [2.24, 2.45) is 0 Å². The predicted molar refractivity (Wildman–Crippen MR) is 82.8 cm³/mol. The minimum Gasteiger partial charge on any atom is -0.481 e. The van der Waals surface area contributed by atoms with Crippen LogP contribution in [0.1, 0.15) is 0 Å². The molecule has 128 valence electrons. The number of morpholine rings is 1. The molecule has 1 amide bonds. The molecule has 2 rings (SSSR count). The van der Waals surface area contributed by atoms with Crippen LogP contribution in [0.15, 0.2) is 24.3 Å². The standard InChI is InChI=1S/C16H23FN2O4/c1-18(6-8-20)10-13-11-22-9-7-19(13)16(21)12-23-15-5-3-2-4-14(15)17/h2-5,13,20H,6-12H2,1H3/t13-/m1/s1. The number of hydrogen-bond donors (Lipinski definition) is 1. The number of amides is 1. The van der Waals surface area contributed by atoms with E-state index in [0.29, 0.717) is 32.8 Å². The molecule has 7 heteroatoms. The van der Waals surface area contributed by atoms with E-state index in [1.807, 2.05) is 11.9 Å². The number of likely N-dealkylation sites (N-methyl/N-ethyl adjacent to an activating group) is 1. The summed E-state index contributed by atoms with van der Waals surface area (Å²) in [5.74, 6) is -0.608. The van der Waals surface area contributed by atoms with Crippen molar-refractivity contribution in [1.82, 2.24) is 9.80 Å². The van der Waals surface area contributed by atoms with Crippen LogP contribution in [0, 0.1) is 5.82 Å². The first kappa shape index (κ1) is 17.7. The Labute approximate surface area is 135 Å². The quantitative estimate of drug-likeness (QED) is 0.784. The van der Waals surface area contributed by atoms with E-state index in [0.717, 1.165) is 0 Å². The maximum atomic E-state index is 13.5. The Morgan fingerprint density at radius 3 is 3.04 bits per heavy atom. The van der Waals surface area contributed by atoms with Gasteiger partial charge in [0.1, 0.15) is 0 Å². The van der Waals surface area contributed by atoms with E-state index in [1.165, 1.54) is 12.1 Å². The Morgan fingerprint density at radius 2 is 2.30 bits per heavy atom. The number of carbonyl (C=O) groups is 1. The molecule has 0 radical (unpaired) electrons. The van der Waals surface area contributed by atoms with Crippen LogP contribution in [-0.4, -0.2) is 80.0 Å². The number of ether oxygens (including phenoxy) is 2. The normalized spacial score (nSPS) is 18.3. The zero-order chi connectivity index (χ0) is 16.7. The summed E-state index contributed by atoms with van der Waals surface area (Å²) in [6.45, 7) is 2.40. The first-order chi connectivity index (χ1) is 11.1. The van der Waals surface area contributed by atoms with Crippen molar-refractivity contribution in [3.05, 3.63) is 30.1 Å². The topological polar surface area (TPSA) is 62.2 Å². The second-order valence-electron chi connectivity index (χ2n) is 5.52. The van der Waals surface area contributed by atoms with Gasteiger partial charge in [-0.05, 0) is 19.2 Å². The van der Waals surface area contributed by atoms with E-state index in [9.17, 15) is 9.18 Å². The number of para-hydroxylation sites is 1. The summed E-state index contributed by atoms with van der Waals surface area (Å²) in [4.78, 5) is 16.0. The Hall–Kier alpha value is -1.70. The Bertz CT molecular complexity index is 515. The second-order valence-corrected chi connectivity index (χ2v) is 5.52. The smallest absolute Gasteiger partial charge is 0.260 e. The molecular formula is C16H23FN2O4. The van der Waals surface area contributed by atoms with Crippen molar-refractivity contribution in [3.8, 4) is 5.75 Å². The molecule has 0 aliphatic carbocycles. The average Bonchev–Trinajstić information content (AvgIpc) is 2.54. The summed E-state index contributed by atoms with van der Waals surface area (Å²) < 4.78 is 24.2. The molecule has 1 aliphatic heterocycles. The predicted octanol–water partition coefficient (Wildman–Crippen LogP) is 0.356. The Kier molecular flexibility index (Phi) is 6.76. The van der Waals surface area contributed by atoms with Gasteiger partial charge in [-0.2, -0.15) is 0 Å². The minimum absolute atomic E-state index is 0.0639. The van der Waals surface area contributed by atoms with Gasteiger partial charge in [0.2, 0.25) is 0 Å². The minimum atomic E-state index is -0.485. The molecule has 6 nitrogen and oxygen atoms in total. The highest BCUT2D eigenvalue weighted by Gasteiger charge is 2.28. The third kappa shape index (κ3) is 5.16. The van der Waals surface area contributed by atoms with Crippen LogP contribution in [0.25, 0.3) is 0 Å². The van der Waals surface area contributed by atoms with Gasteiger partial charge in [-0.25, -0.2) is 4.39 Å². The highest BCUT2D eigenvalue weighted by atomic mass is 19.1. The molecule has 1 aliphatic rings. The van der Waals surface area contributed by atoms with Crippen LogP contribution in [0.5, 0.6) is 5.75 Å². The zero-order valence-electron chi connectivity index (χ0n) is 13.3. The summed E-state index contributed by atoms with van der Waals surface area (Å²) in [7, 11) is 1.88. The molecule has 0 unspecified atom stereocenters. The van der Waals surface area contributed by atoms with E-state index in [-0.39, 0.29) is 30.9 Å². The van der Waals surface area contributed by atoms with Gasteiger partial charge in [0, 0.05) is 19.6 Å². The molecule has 1 atom stereocenters. The van der Waals surface area contributed by atoms with E-state index in [4.69, 9.17) is 14.6 Å².